The smallest absolute Gasteiger partial charge is 0.311 e. The van der Waals surface area contributed by atoms with E-state index in [4.69, 9.17) is 0 Å². The van der Waals surface area contributed by atoms with Gasteiger partial charge in [0.25, 0.3) is 0 Å². The summed E-state index contributed by atoms with van der Waals surface area (Å²) < 4.78 is 30.3. The summed E-state index contributed by atoms with van der Waals surface area (Å²) in [6.07, 6.45) is 0.513. The Labute approximate surface area is 73.1 Å². The molecule has 0 amide bonds. The van der Waals surface area contributed by atoms with Crippen molar-refractivity contribution < 1.29 is 18.3 Å². The Morgan fingerprint density at radius 1 is 1.23 bits per heavy atom. The Bertz CT molecular complexity index is 374. The van der Waals surface area contributed by atoms with E-state index in [-0.39, 0.29) is 12.2 Å². The lowest BCUT2D eigenvalue weighted by atomic mass is 10.1. The molecule has 1 aromatic rings. The zero-order chi connectivity index (χ0) is 9.42. The SMILES string of the molecule is O=C1CCc2cc(F)cc(F)c2O1. The molecule has 0 aliphatic carbocycles. The van der Waals surface area contributed by atoms with E-state index in [1.165, 1.54) is 6.07 Å². The number of rotatable bonds is 0. The highest BCUT2D eigenvalue weighted by Gasteiger charge is 2.21. The number of hydrogen-bond acceptors (Lipinski definition) is 2. The van der Waals surface area contributed by atoms with Crippen LogP contribution in [0.3, 0.4) is 0 Å². The standard InChI is InChI=1S/C9H6F2O2/c10-6-3-5-1-2-8(12)13-9(5)7(11)4-6/h3-4H,1-2H2. The number of fused-ring (bicyclic) bond motifs is 1. The summed E-state index contributed by atoms with van der Waals surface area (Å²) in [5.74, 6) is -2.06. The van der Waals surface area contributed by atoms with Gasteiger partial charge in [-0.25, -0.2) is 8.78 Å². The molecule has 0 fully saturated rings. The fourth-order valence-corrected chi connectivity index (χ4v) is 1.32. The second kappa shape index (κ2) is 2.80. The van der Waals surface area contributed by atoms with Crippen molar-refractivity contribution in [1.82, 2.24) is 0 Å². The van der Waals surface area contributed by atoms with E-state index in [1.54, 1.807) is 0 Å². The van der Waals surface area contributed by atoms with E-state index in [0.717, 1.165) is 0 Å². The van der Waals surface area contributed by atoms with E-state index >= 15 is 0 Å². The summed E-state index contributed by atoms with van der Waals surface area (Å²) in [5, 5.41) is 0. The zero-order valence-corrected chi connectivity index (χ0v) is 6.64. The largest absolute Gasteiger partial charge is 0.423 e. The molecule has 1 heterocycles. The van der Waals surface area contributed by atoms with Gasteiger partial charge < -0.3 is 4.74 Å². The van der Waals surface area contributed by atoms with Crippen molar-refractivity contribution >= 4 is 5.97 Å². The third kappa shape index (κ3) is 1.39. The molecular weight excluding hydrogens is 178 g/mol. The minimum Gasteiger partial charge on any atom is -0.423 e. The number of ether oxygens (including phenoxy) is 1. The van der Waals surface area contributed by atoms with Crippen LogP contribution in [0, 0.1) is 11.6 Å². The maximum Gasteiger partial charge on any atom is 0.311 e. The summed E-state index contributed by atoms with van der Waals surface area (Å²) in [7, 11) is 0. The second-order valence-corrected chi connectivity index (χ2v) is 2.85. The van der Waals surface area contributed by atoms with Crippen LogP contribution in [0.2, 0.25) is 0 Å². The van der Waals surface area contributed by atoms with Crippen LogP contribution in [0.5, 0.6) is 5.75 Å². The van der Waals surface area contributed by atoms with Crippen molar-refractivity contribution in [3.05, 3.63) is 29.3 Å². The lowest BCUT2D eigenvalue weighted by Gasteiger charge is -2.15. The van der Waals surface area contributed by atoms with E-state index in [9.17, 15) is 13.6 Å². The molecule has 4 heteroatoms. The normalized spacial score (nSPS) is 15.1. The Morgan fingerprint density at radius 3 is 2.77 bits per heavy atom. The zero-order valence-electron chi connectivity index (χ0n) is 6.64. The quantitative estimate of drug-likeness (QED) is 0.454. The first-order valence-corrected chi connectivity index (χ1v) is 3.85. The molecule has 0 unspecified atom stereocenters. The molecule has 0 spiro atoms. The first-order chi connectivity index (χ1) is 6.16. The highest BCUT2D eigenvalue weighted by Crippen LogP contribution is 2.29. The third-order valence-electron chi connectivity index (χ3n) is 1.90. The molecule has 2 nitrogen and oxygen atoms in total. The van der Waals surface area contributed by atoms with Gasteiger partial charge in [0.2, 0.25) is 0 Å². The fourth-order valence-electron chi connectivity index (χ4n) is 1.32. The van der Waals surface area contributed by atoms with Gasteiger partial charge in [-0.15, -0.1) is 0 Å². The number of carbonyl (C=O) groups is 1. The Kier molecular flexibility index (Phi) is 1.76. The van der Waals surface area contributed by atoms with Crippen LogP contribution >= 0.6 is 0 Å². The summed E-state index contributed by atoms with van der Waals surface area (Å²) in [6.45, 7) is 0. The second-order valence-electron chi connectivity index (χ2n) is 2.85. The van der Waals surface area contributed by atoms with Gasteiger partial charge in [-0.3, -0.25) is 4.79 Å². The van der Waals surface area contributed by atoms with Crippen LogP contribution in [0.25, 0.3) is 0 Å². The van der Waals surface area contributed by atoms with Crippen LogP contribution in [-0.2, 0) is 11.2 Å². The summed E-state index contributed by atoms with van der Waals surface area (Å²) in [6, 6.07) is 1.89. The number of halogens is 2. The monoisotopic (exact) mass is 184 g/mol. The van der Waals surface area contributed by atoms with Gasteiger partial charge in [-0.1, -0.05) is 0 Å². The molecule has 1 aliphatic heterocycles. The molecule has 0 N–H and O–H groups in total. The number of hydrogen-bond donors (Lipinski definition) is 0. The molecular formula is C9H6F2O2. The van der Waals surface area contributed by atoms with Gasteiger partial charge >= 0.3 is 5.97 Å². The van der Waals surface area contributed by atoms with Gasteiger partial charge in [0.1, 0.15) is 5.82 Å². The molecule has 0 aromatic heterocycles. The van der Waals surface area contributed by atoms with E-state index < -0.39 is 17.6 Å². The van der Waals surface area contributed by atoms with E-state index in [2.05, 4.69) is 4.74 Å². The minimum atomic E-state index is -0.817. The topological polar surface area (TPSA) is 26.3 Å². The maximum atomic E-state index is 13.0. The van der Waals surface area contributed by atoms with E-state index in [0.29, 0.717) is 18.1 Å². The predicted octanol–water partition coefficient (Wildman–Crippen LogP) is 1.82. The number of esters is 1. The summed E-state index contributed by atoms with van der Waals surface area (Å²) in [5.41, 5.74) is 0.414. The van der Waals surface area contributed by atoms with Crippen molar-refractivity contribution in [2.45, 2.75) is 12.8 Å². The first kappa shape index (κ1) is 8.16. The minimum absolute atomic E-state index is 0.127. The Balaban J connectivity index is 2.53. The van der Waals surface area contributed by atoms with Crippen molar-refractivity contribution in [2.75, 3.05) is 0 Å². The van der Waals surface area contributed by atoms with Gasteiger partial charge in [0.15, 0.2) is 11.6 Å². The van der Waals surface area contributed by atoms with E-state index in [1.807, 2.05) is 0 Å². The van der Waals surface area contributed by atoms with Crippen LogP contribution in [0.15, 0.2) is 12.1 Å². The number of aryl methyl sites for hydroxylation is 1. The third-order valence-corrected chi connectivity index (χ3v) is 1.90. The van der Waals surface area contributed by atoms with Gasteiger partial charge in [-0.2, -0.15) is 0 Å². The van der Waals surface area contributed by atoms with Crippen LogP contribution in [-0.4, -0.2) is 5.97 Å². The molecule has 0 saturated heterocycles. The van der Waals surface area contributed by atoms with Crippen molar-refractivity contribution in [3.8, 4) is 5.75 Å². The molecule has 13 heavy (non-hydrogen) atoms. The molecule has 1 aliphatic rings. The molecule has 0 bridgehead atoms. The Morgan fingerprint density at radius 2 is 2.00 bits per heavy atom. The fraction of sp³-hybridized carbons (Fsp3) is 0.222. The average molecular weight is 184 g/mol. The predicted molar refractivity (Wildman–Crippen MR) is 40.3 cm³/mol. The highest BCUT2D eigenvalue weighted by atomic mass is 19.1. The van der Waals surface area contributed by atoms with Crippen LogP contribution in [0.1, 0.15) is 12.0 Å². The molecule has 0 atom stereocenters. The molecule has 0 saturated carbocycles. The number of carbonyl (C=O) groups excluding carboxylic acids is 1. The lowest BCUT2D eigenvalue weighted by molar-refractivity contribution is -0.135. The van der Waals surface area contributed by atoms with Crippen molar-refractivity contribution in [3.63, 3.8) is 0 Å². The summed E-state index contributed by atoms with van der Waals surface area (Å²) in [4.78, 5) is 10.8. The average Bonchev–Trinajstić information content (AvgIpc) is 2.06. The van der Waals surface area contributed by atoms with Gasteiger partial charge in [0.05, 0.1) is 6.42 Å². The number of benzene rings is 1. The molecule has 1 aromatic carbocycles. The summed E-state index contributed by atoms with van der Waals surface area (Å²) >= 11 is 0. The first-order valence-electron chi connectivity index (χ1n) is 3.85. The molecule has 68 valence electrons. The van der Waals surface area contributed by atoms with Crippen LogP contribution in [0.4, 0.5) is 8.78 Å². The van der Waals surface area contributed by atoms with Crippen molar-refractivity contribution in [1.29, 1.82) is 0 Å². The van der Waals surface area contributed by atoms with Crippen molar-refractivity contribution in [2.24, 2.45) is 0 Å². The highest BCUT2D eigenvalue weighted by molar-refractivity contribution is 5.75. The molecule has 2 rings (SSSR count). The lowest BCUT2D eigenvalue weighted by Crippen LogP contribution is -2.17. The van der Waals surface area contributed by atoms with Gasteiger partial charge in [-0.05, 0) is 12.5 Å². The Hall–Kier alpha value is -1.45. The maximum absolute atomic E-state index is 13.0. The molecule has 0 radical (unpaired) electrons. The van der Waals surface area contributed by atoms with Gasteiger partial charge in [0, 0.05) is 11.6 Å². The van der Waals surface area contributed by atoms with Crippen LogP contribution < -0.4 is 4.74 Å².